The van der Waals surface area contributed by atoms with Crippen molar-refractivity contribution in [2.24, 2.45) is 5.73 Å². The standard InChI is InChI=1S/C17H22Cl2FNO3/c1-17(2,3)24-14(23)9-7-12(21)13(22)8-5-10-4-6-11(18)15(19)16(10)20/h4,6,12H,5,7-9,21H2,1-3H3/t12-/m1/s1. The number of halogens is 3. The van der Waals surface area contributed by atoms with E-state index in [1.165, 1.54) is 12.1 Å². The zero-order valence-electron chi connectivity index (χ0n) is 14.0. The molecule has 0 bridgehead atoms. The first-order valence-electron chi connectivity index (χ1n) is 7.64. The van der Waals surface area contributed by atoms with Crippen molar-refractivity contribution >= 4 is 35.0 Å². The van der Waals surface area contributed by atoms with Gasteiger partial charge in [0.25, 0.3) is 0 Å². The molecule has 0 aromatic heterocycles. The summed E-state index contributed by atoms with van der Waals surface area (Å²) in [6, 6.07) is 2.18. The summed E-state index contributed by atoms with van der Waals surface area (Å²) < 4.78 is 19.1. The Kier molecular flexibility index (Phi) is 7.64. The van der Waals surface area contributed by atoms with Crippen LogP contribution >= 0.6 is 23.2 Å². The Balaban J connectivity index is 2.48. The van der Waals surface area contributed by atoms with E-state index in [1.54, 1.807) is 20.8 Å². The van der Waals surface area contributed by atoms with Crippen LogP contribution in [0.15, 0.2) is 12.1 Å². The van der Waals surface area contributed by atoms with E-state index in [1.807, 2.05) is 0 Å². The molecular weight excluding hydrogens is 356 g/mol. The molecule has 0 aliphatic rings. The number of carbonyl (C=O) groups is 2. The van der Waals surface area contributed by atoms with Gasteiger partial charge in [-0.2, -0.15) is 0 Å². The van der Waals surface area contributed by atoms with E-state index in [2.05, 4.69) is 0 Å². The fourth-order valence-corrected chi connectivity index (χ4v) is 2.36. The topological polar surface area (TPSA) is 69.4 Å². The minimum Gasteiger partial charge on any atom is -0.460 e. The lowest BCUT2D eigenvalue weighted by atomic mass is 10.0. The van der Waals surface area contributed by atoms with Crippen LogP contribution < -0.4 is 5.73 Å². The Morgan fingerprint density at radius 3 is 2.46 bits per heavy atom. The molecular formula is C17H22Cl2FNO3. The van der Waals surface area contributed by atoms with Gasteiger partial charge in [-0.25, -0.2) is 4.39 Å². The van der Waals surface area contributed by atoms with Gasteiger partial charge in [-0.1, -0.05) is 29.3 Å². The van der Waals surface area contributed by atoms with Crippen molar-refractivity contribution < 1.29 is 18.7 Å². The Morgan fingerprint density at radius 2 is 1.88 bits per heavy atom. The third-order valence-corrected chi connectivity index (χ3v) is 4.03. The number of ketones is 1. The highest BCUT2D eigenvalue weighted by atomic mass is 35.5. The molecule has 0 saturated heterocycles. The summed E-state index contributed by atoms with van der Waals surface area (Å²) in [5.41, 5.74) is 5.52. The molecule has 1 aromatic carbocycles. The van der Waals surface area contributed by atoms with Crippen LogP contribution in [-0.2, 0) is 20.7 Å². The van der Waals surface area contributed by atoms with E-state index in [9.17, 15) is 14.0 Å². The van der Waals surface area contributed by atoms with E-state index in [4.69, 9.17) is 33.7 Å². The van der Waals surface area contributed by atoms with E-state index in [0.717, 1.165) is 0 Å². The summed E-state index contributed by atoms with van der Waals surface area (Å²) in [6.07, 6.45) is 0.481. The average Bonchev–Trinajstić information content (AvgIpc) is 2.47. The van der Waals surface area contributed by atoms with Crippen molar-refractivity contribution in [1.82, 2.24) is 0 Å². The lowest BCUT2D eigenvalue weighted by Crippen LogP contribution is -2.32. The van der Waals surface area contributed by atoms with Crippen LogP contribution in [0.1, 0.15) is 45.6 Å². The second-order valence-corrected chi connectivity index (χ2v) is 7.32. The lowest BCUT2D eigenvalue weighted by Gasteiger charge is -2.20. The predicted octanol–water partition coefficient (Wildman–Crippen LogP) is 4.08. The van der Waals surface area contributed by atoms with Gasteiger partial charge in [0.1, 0.15) is 17.2 Å². The number of rotatable bonds is 7. The van der Waals surface area contributed by atoms with Gasteiger partial charge in [0.15, 0.2) is 0 Å². The van der Waals surface area contributed by atoms with Crippen molar-refractivity contribution in [2.75, 3.05) is 0 Å². The van der Waals surface area contributed by atoms with Crippen molar-refractivity contribution in [2.45, 2.75) is 58.1 Å². The molecule has 0 spiro atoms. The van der Waals surface area contributed by atoms with Crippen LogP contribution in [0.5, 0.6) is 0 Å². The highest BCUT2D eigenvalue weighted by Crippen LogP contribution is 2.27. The fraction of sp³-hybridized carbons (Fsp3) is 0.529. The molecule has 0 fully saturated rings. The van der Waals surface area contributed by atoms with Gasteiger partial charge in [-0.05, 0) is 45.2 Å². The van der Waals surface area contributed by atoms with E-state index < -0.39 is 23.4 Å². The number of hydrogen-bond acceptors (Lipinski definition) is 4. The van der Waals surface area contributed by atoms with Crippen LogP contribution in [-0.4, -0.2) is 23.4 Å². The number of ether oxygens (including phenoxy) is 1. The molecule has 0 unspecified atom stereocenters. The molecule has 0 radical (unpaired) electrons. The van der Waals surface area contributed by atoms with Gasteiger partial charge in [0.05, 0.1) is 16.1 Å². The van der Waals surface area contributed by atoms with Crippen LogP contribution in [0.25, 0.3) is 0 Å². The Bertz CT molecular complexity index is 615. The first-order chi connectivity index (χ1) is 11.0. The minimum absolute atomic E-state index is 0.0599. The number of Topliss-reactive ketones (excluding diaryl/α,β-unsaturated/α-hetero) is 1. The van der Waals surface area contributed by atoms with Crippen LogP contribution in [0, 0.1) is 5.82 Å². The van der Waals surface area contributed by atoms with Crippen molar-refractivity contribution in [3.8, 4) is 0 Å². The second-order valence-electron chi connectivity index (χ2n) is 6.53. The lowest BCUT2D eigenvalue weighted by molar-refractivity contribution is -0.155. The maximum atomic E-state index is 13.9. The monoisotopic (exact) mass is 377 g/mol. The number of esters is 1. The first-order valence-corrected chi connectivity index (χ1v) is 8.39. The molecule has 4 nitrogen and oxygen atoms in total. The molecule has 134 valence electrons. The largest absolute Gasteiger partial charge is 0.460 e. The van der Waals surface area contributed by atoms with Gasteiger partial charge in [-0.15, -0.1) is 0 Å². The zero-order valence-corrected chi connectivity index (χ0v) is 15.5. The molecule has 2 N–H and O–H groups in total. The molecule has 1 atom stereocenters. The predicted molar refractivity (Wildman–Crippen MR) is 92.8 cm³/mol. The number of nitrogens with two attached hydrogens (primary N) is 1. The molecule has 0 saturated carbocycles. The third-order valence-electron chi connectivity index (χ3n) is 3.25. The minimum atomic E-state index is -0.789. The van der Waals surface area contributed by atoms with Crippen LogP contribution in [0.4, 0.5) is 4.39 Å². The molecule has 24 heavy (non-hydrogen) atoms. The average molecular weight is 378 g/mol. The van der Waals surface area contributed by atoms with Gasteiger partial charge < -0.3 is 10.5 Å². The summed E-state index contributed by atoms with van der Waals surface area (Å²) in [5.74, 6) is -1.27. The van der Waals surface area contributed by atoms with Gasteiger partial charge in [0.2, 0.25) is 0 Å². The molecule has 0 aliphatic carbocycles. The SMILES string of the molecule is CC(C)(C)OC(=O)CC[C@@H](N)C(=O)CCc1ccc(Cl)c(Cl)c1F. The number of aryl methyl sites for hydroxylation is 1. The van der Waals surface area contributed by atoms with Crippen molar-refractivity contribution in [1.29, 1.82) is 0 Å². The second kappa shape index (κ2) is 8.79. The summed E-state index contributed by atoms with van der Waals surface area (Å²) in [5, 5.41) is -0.0332. The van der Waals surface area contributed by atoms with Crippen LogP contribution in [0.2, 0.25) is 10.0 Å². The smallest absolute Gasteiger partial charge is 0.306 e. The quantitative estimate of drug-likeness (QED) is 0.573. The maximum Gasteiger partial charge on any atom is 0.306 e. The summed E-state index contributed by atoms with van der Waals surface area (Å²) in [7, 11) is 0. The summed E-state index contributed by atoms with van der Waals surface area (Å²) in [6.45, 7) is 5.30. The first kappa shape index (κ1) is 20.9. The van der Waals surface area contributed by atoms with Gasteiger partial charge in [-0.3, -0.25) is 9.59 Å². The summed E-state index contributed by atoms with van der Waals surface area (Å²) in [4.78, 5) is 23.6. The molecule has 1 aromatic rings. The number of benzene rings is 1. The number of hydrogen-bond donors (Lipinski definition) is 1. The molecule has 0 heterocycles. The third kappa shape index (κ3) is 6.75. The van der Waals surface area contributed by atoms with Crippen LogP contribution in [0.3, 0.4) is 0 Å². The normalized spacial score (nSPS) is 12.8. The van der Waals surface area contributed by atoms with Crippen molar-refractivity contribution in [3.63, 3.8) is 0 Å². The molecule has 1 rings (SSSR count). The molecule has 0 aliphatic heterocycles. The zero-order chi connectivity index (χ0) is 18.5. The Morgan fingerprint density at radius 1 is 1.25 bits per heavy atom. The Labute approximate surface area is 151 Å². The highest BCUT2D eigenvalue weighted by Gasteiger charge is 2.20. The molecule has 0 amide bonds. The number of carbonyl (C=O) groups excluding carboxylic acids is 2. The van der Waals surface area contributed by atoms with Gasteiger partial charge in [0, 0.05) is 12.8 Å². The van der Waals surface area contributed by atoms with E-state index in [-0.39, 0.29) is 41.5 Å². The Hall–Kier alpha value is -1.17. The van der Waals surface area contributed by atoms with E-state index in [0.29, 0.717) is 5.56 Å². The van der Waals surface area contributed by atoms with Gasteiger partial charge >= 0.3 is 5.97 Å². The fourth-order valence-electron chi connectivity index (χ4n) is 2.03. The summed E-state index contributed by atoms with van der Waals surface area (Å²) >= 11 is 11.4. The maximum absolute atomic E-state index is 13.9. The van der Waals surface area contributed by atoms with E-state index >= 15 is 0 Å². The highest BCUT2D eigenvalue weighted by molar-refractivity contribution is 6.42. The van der Waals surface area contributed by atoms with Crippen molar-refractivity contribution in [3.05, 3.63) is 33.6 Å². The molecule has 7 heteroatoms.